The quantitative estimate of drug-likeness (QED) is 0.660. The minimum absolute atomic E-state index is 0.148. The Morgan fingerprint density at radius 1 is 1.25 bits per heavy atom. The Morgan fingerprint density at radius 3 is 2.62 bits per heavy atom. The smallest absolute Gasteiger partial charge is 0.279 e. The number of aryl methyl sites for hydroxylation is 1. The monoisotopic (exact) mass is 334 g/mol. The molecule has 1 aliphatic heterocycles. The van der Waals surface area contributed by atoms with E-state index in [4.69, 9.17) is 4.52 Å². The number of anilines is 1. The van der Waals surface area contributed by atoms with Gasteiger partial charge in [0.2, 0.25) is 0 Å². The second-order valence-electron chi connectivity index (χ2n) is 6.31. The van der Waals surface area contributed by atoms with Crippen LogP contribution in [0.3, 0.4) is 0 Å². The largest absolute Gasteiger partial charge is 0.361 e. The normalized spacial score (nSPS) is 20.8. The van der Waals surface area contributed by atoms with Crippen LogP contribution in [0.1, 0.15) is 11.5 Å². The predicted octanol–water partition coefficient (Wildman–Crippen LogP) is -0.956. The SMILES string of the molecule is Cc1cc(C[NH+]2CC[NH+](CC(=O)Nc3ccccc3F)CC2)no1. The molecule has 2 aromatic rings. The van der Waals surface area contributed by atoms with Gasteiger partial charge in [0, 0.05) is 6.07 Å². The van der Waals surface area contributed by atoms with E-state index in [0.29, 0.717) is 6.54 Å². The van der Waals surface area contributed by atoms with Crippen molar-refractivity contribution < 1.29 is 23.5 Å². The molecule has 0 unspecified atom stereocenters. The maximum Gasteiger partial charge on any atom is 0.279 e. The molecule has 0 spiro atoms. The van der Waals surface area contributed by atoms with Crippen LogP contribution < -0.4 is 15.1 Å². The fourth-order valence-electron chi connectivity index (χ4n) is 3.05. The van der Waals surface area contributed by atoms with Gasteiger partial charge in [0.15, 0.2) is 6.54 Å². The highest BCUT2D eigenvalue weighted by molar-refractivity contribution is 5.91. The molecule has 1 aromatic carbocycles. The molecule has 6 nitrogen and oxygen atoms in total. The molecule has 24 heavy (non-hydrogen) atoms. The number of quaternary nitrogens is 2. The van der Waals surface area contributed by atoms with Gasteiger partial charge in [-0.3, -0.25) is 4.79 Å². The first-order valence-corrected chi connectivity index (χ1v) is 8.24. The number of nitrogens with one attached hydrogen (secondary N) is 3. The summed E-state index contributed by atoms with van der Waals surface area (Å²) in [7, 11) is 0. The Hall–Kier alpha value is -2.25. The first kappa shape index (κ1) is 16.6. The first-order valence-electron chi connectivity index (χ1n) is 8.24. The van der Waals surface area contributed by atoms with Crippen LogP contribution in [-0.4, -0.2) is 43.8 Å². The lowest BCUT2D eigenvalue weighted by Gasteiger charge is -2.28. The molecule has 1 amide bonds. The number of hydrogen-bond acceptors (Lipinski definition) is 3. The molecule has 3 rings (SSSR count). The number of amides is 1. The van der Waals surface area contributed by atoms with Crippen LogP contribution in [0.5, 0.6) is 0 Å². The number of piperazine rings is 1. The van der Waals surface area contributed by atoms with E-state index in [0.717, 1.165) is 44.2 Å². The van der Waals surface area contributed by atoms with Crippen molar-refractivity contribution in [1.82, 2.24) is 5.16 Å². The van der Waals surface area contributed by atoms with Crippen molar-refractivity contribution in [3.63, 3.8) is 0 Å². The summed E-state index contributed by atoms with van der Waals surface area (Å²) in [5, 5.41) is 6.68. The van der Waals surface area contributed by atoms with E-state index in [9.17, 15) is 9.18 Å². The molecule has 0 bridgehead atoms. The number of nitrogens with zero attached hydrogens (tertiary/aromatic N) is 1. The van der Waals surface area contributed by atoms with E-state index >= 15 is 0 Å². The topological polar surface area (TPSA) is 64.0 Å². The van der Waals surface area contributed by atoms with Crippen molar-refractivity contribution in [3.8, 4) is 0 Å². The number of para-hydroxylation sites is 1. The highest BCUT2D eigenvalue weighted by atomic mass is 19.1. The molecule has 1 saturated heterocycles. The lowest BCUT2D eigenvalue weighted by Crippen LogP contribution is -3.28. The summed E-state index contributed by atoms with van der Waals surface area (Å²) in [6.07, 6.45) is 0. The molecular formula is C17H23FN4O2+2. The molecule has 7 heteroatoms. The van der Waals surface area contributed by atoms with Crippen molar-refractivity contribution in [2.45, 2.75) is 13.5 Å². The van der Waals surface area contributed by atoms with Gasteiger partial charge in [0.1, 0.15) is 50.0 Å². The average molecular weight is 334 g/mol. The maximum absolute atomic E-state index is 13.6. The first-order chi connectivity index (χ1) is 11.6. The molecule has 2 heterocycles. The molecule has 1 fully saturated rings. The van der Waals surface area contributed by atoms with Crippen molar-refractivity contribution in [3.05, 3.63) is 47.6 Å². The maximum atomic E-state index is 13.6. The van der Waals surface area contributed by atoms with Crippen LogP contribution in [0.15, 0.2) is 34.9 Å². The zero-order valence-electron chi connectivity index (χ0n) is 13.8. The van der Waals surface area contributed by atoms with Crippen LogP contribution in [0.25, 0.3) is 0 Å². The van der Waals surface area contributed by atoms with E-state index in [1.54, 1.807) is 18.2 Å². The van der Waals surface area contributed by atoms with Crippen LogP contribution in [0, 0.1) is 12.7 Å². The predicted molar refractivity (Wildman–Crippen MR) is 86.2 cm³/mol. The van der Waals surface area contributed by atoms with E-state index in [2.05, 4.69) is 10.5 Å². The second-order valence-corrected chi connectivity index (χ2v) is 6.31. The Kier molecular flexibility index (Phi) is 5.22. The molecule has 0 saturated carbocycles. The summed E-state index contributed by atoms with van der Waals surface area (Å²) >= 11 is 0. The Balaban J connectivity index is 1.43. The van der Waals surface area contributed by atoms with Crippen LogP contribution in [-0.2, 0) is 11.3 Å². The Labute approximate surface area is 140 Å². The highest BCUT2D eigenvalue weighted by Gasteiger charge is 2.25. The van der Waals surface area contributed by atoms with Crippen LogP contribution in [0.2, 0.25) is 0 Å². The minimum atomic E-state index is -0.405. The van der Waals surface area contributed by atoms with Crippen molar-refractivity contribution in [2.75, 3.05) is 38.0 Å². The number of aromatic nitrogens is 1. The number of hydrogen-bond donors (Lipinski definition) is 3. The number of carbonyl (C=O) groups is 1. The zero-order valence-corrected chi connectivity index (χ0v) is 13.8. The fourth-order valence-corrected chi connectivity index (χ4v) is 3.05. The number of carbonyl (C=O) groups excluding carboxylic acids is 1. The summed E-state index contributed by atoms with van der Waals surface area (Å²) in [5.74, 6) is 0.280. The lowest BCUT2D eigenvalue weighted by molar-refractivity contribution is -1.02. The average Bonchev–Trinajstić information content (AvgIpc) is 2.96. The standard InChI is InChI=1S/C17H21FN4O2/c1-13-10-14(20-24-13)11-21-6-8-22(9-7-21)12-17(23)19-16-5-3-2-4-15(16)18/h2-5,10H,6-9,11-12H2,1H3,(H,19,23)/p+2. The zero-order chi connectivity index (χ0) is 16.9. The van der Waals surface area contributed by atoms with E-state index < -0.39 is 5.82 Å². The third-order valence-corrected chi connectivity index (χ3v) is 4.33. The highest BCUT2D eigenvalue weighted by Crippen LogP contribution is 2.11. The van der Waals surface area contributed by atoms with Crippen LogP contribution >= 0.6 is 0 Å². The van der Waals surface area contributed by atoms with Gasteiger partial charge in [-0.05, 0) is 19.1 Å². The number of rotatable bonds is 5. The summed E-state index contributed by atoms with van der Waals surface area (Å²) in [6, 6.07) is 8.20. The summed E-state index contributed by atoms with van der Waals surface area (Å²) in [5.41, 5.74) is 1.22. The molecular weight excluding hydrogens is 311 g/mol. The van der Waals surface area contributed by atoms with Crippen molar-refractivity contribution in [1.29, 1.82) is 0 Å². The van der Waals surface area contributed by atoms with Crippen LogP contribution in [0.4, 0.5) is 10.1 Å². The van der Waals surface area contributed by atoms with Gasteiger partial charge in [-0.2, -0.15) is 0 Å². The second kappa shape index (κ2) is 7.55. The Bertz CT molecular complexity index is 695. The van der Waals surface area contributed by atoms with Crippen molar-refractivity contribution >= 4 is 11.6 Å². The minimum Gasteiger partial charge on any atom is -0.361 e. The number of benzene rings is 1. The Morgan fingerprint density at radius 2 is 1.96 bits per heavy atom. The van der Waals surface area contributed by atoms with Gasteiger partial charge in [-0.1, -0.05) is 17.3 Å². The fraction of sp³-hybridized carbons (Fsp3) is 0.412. The molecule has 128 valence electrons. The van der Waals surface area contributed by atoms with Gasteiger partial charge < -0.3 is 19.6 Å². The van der Waals surface area contributed by atoms with E-state index in [-0.39, 0.29) is 11.6 Å². The molecule has 1 aromatic heterocycles. The van der Waals surface area contributed by atoms with E-state index in [1.165, 1.54) is 15.9 Å². The number of halogens is 1. The van der Waals surface area contributed by atoms with Gasteiger partial charge in [0.25, 0.3) is 5.91 Å². The summed E-state index contributed by atoms with van der Waals surface area (Å²) < 4.78 is 18.6. The molecule has 0 radical (unpaired) electrons. The molecule has 3 N–H and O–H groups in total. The summed E-state index contributed by atoms with van der Waals surface area (Å²) in [4.78, 5) is 14.8. The van der Waals surface area contributed by atoms with Gasteiger partial charge >= 0.3 is 0 Å². The third-order valence-electron chi connectivity index (χ3n) is 4.33. The summed E-state index contributed by atoms with van der Waals surface area (Å²) in [6.45, 7) is 6.90. The molecule has 0 aliphatic carbocycles. The van der Waals surface area contributed by atoms with E-state index in [1.807, 2.05) is 13.0 Å². The van der Waals surface area contributed by atoms with Gasteiger partial charge in [-0.25, -0.2) is 4.39 Å². The third kappa shape index (κ3) is 4.39. The van der Waals surface area contributed by atoms with Crippen molar-refractivity contribution in [2.24, 2.45) is 0 Å². The molecule has 0 atom stereocenters. The lowest BCUT2D eigenvalue weighted by atomic mass is 10.2. The van der Waals surface area contributed by atoms with Gasteiger partial charge in [-0.15, -0.1) is 0 Å². The van der Waals surface area contributed by atoms with Gasteiger partial charge in [0.05, 0.1) is 5.69 Å². The molecule has 1 aliphatic rings.